The molecule has 0 radical (unpaired) electrons. The molecule has 4 aliphatic rings. The molecule has 0 aromatic heterocycles. The highest BCUT2D eigenvalue weighted by atomic mass is 16.2. The summed E-state index contributed by atoms with van der Waals surface area (Å²) in [5, 5.41) is 3.28. The highest BCUT2D eigenvalue weighted by Crippen LogP contribution is 2.43. The number of hydrogen-bond donors (Lipinski definition) is 1. The van der Waals surface area contributed by atoms with Crippen LogP contribution in [-0.4, -0.2) is 83.8 Å². The molecule has 264 valence electrons. The van der Waals surface area contributed by atoms with Crippen molar-refractivity contribution in [3.63, 3.8) is 0 Å². The van der Waals surface area contributed by atoms with Crippen LogP contribution in [0.3, 0.4) is 0 Å². The summed E-state index contributed by atoms with van der Waals surface area (Å²) in [6.07, 6.45) is 12.0. The Labute approximate surface area is 298 Å². The van der Waals surface area contributed by atoms with Gasteiger partial charge in [-0.1, -0.05) is 110 Å². The molecule has 3 atom stereocenters. The van der Waals surface area contributed by atoms with Crippen LogP contribution in [0.1, 0.15) is 87.3 Å². The molecular weight excluding hydrogens is 620 g/mol. The van der Waals surface area contributed by atoms with Crippen molar-refractivity contribution in [2.45, 2.75) is 88.1 Å². The summed E-state index contributed by atoms with van der Waals surface area (Å²) in [4.78, 5) is 49.8. The van der Waals surface area contributed by atoms with Crippen LogP contribution >= 0.6 is 0 Å². The Bertz CT molecular complexity index is 1480. The van der Waals surface area contributed by atoms with Gasteiger partial charge in [-0.15, -0.1) is 0 Å². The van der Waals surface area contributed by atoms with E-state index in [1.54, 1.807) is 4.90 Å². The van der Waals surface area contributed by atoms with Crippen molar-refractivity contribution >= 4 is 17.7 Å². The lowest BCUT2D eigenvalue weighted by Crippen LogP contribution is -2.56. The van der Waals surface area contributed by atoms with E-state index in [-0.39, 0.29) is 17.7 Å². The number of carbonyl (C=O) groups is 3. The molecule has 3 aromatic rings. The number of rotatable bonds is 10. The standard InChI is InChI=1S/C43H54N4O3/c48-40(44-30-34-18-13-27-45(32-34)31-33-16-5-1-6-17-33)38-25-14-28-46(38)41(49)39-26-15-29-47(39)42(50)43(35-19-7-2-8-20-35,36-21-9-3-10-22-36)37-23-11-4-12-24-37/h2-4,7-12,19-24,33-34,38-39H,1,5-6,13-18,25-32H2,(H,44,48)/t34-,38-,39+/m1/s1. The SMILES string of the molecule is O=C(NC[C@H]1CCCN(CC2CCCCC2)C1)[C@H]1CCCN1C(=O)[C@@H]1CCCN1C(=O)C(c1ccccc1)(c1ccccc1)c1ccccc1. The summed E-state index contributed by atoms with van der Waals surface area (Å²) in [7, 11) is 0. The summed E-state index contributed by atoms with van der Waals surface area (Å²) >= 11 is 0. The molecule has 3 saturated heterocycles. The quantitative estimate of drug-likeness (QED) is 0.253. The summed E-state index contributed by atoms with van der Waals surface area (Å²) in [6, 6.07) is 28.8. The van der Waals surface area contributed by atoms with E-state index in [9.17, 15) is 9.59 Å². The number of benzene rings is 3. The van der Waals surface area contributed by atoms with E-state index >= 15 is 4.79 Å². The molecule has 4 fully saturated rings. The van der Waals surface area contributed by atoms with Gasteiger partial charge < -0.3 is 20.0 Å². The van der Waals surface area contributed by atoms with Gasteiger partial charge in [-0.2, -0.15) is 0 Å². The van der Waals surface area contributed by atoms with Crippen LogP contribution < -0.4 is 5.32 Å². The second-order valence-corrected chi connectivity index (χ2v) is 15.2. The third kappa shape index (κ3) is 7.12. The Morgan fingerprint density at radius 2 is 1.10 bits per heavy atom. The lowest BCUT2D eigenvalue weighted by atomic mass is 9.68. The van der Waals surface area contributed by atoms with E-state index in [0.717, 1.165) is 48.4 Å². The van der Waals surface area contributed by atoms with Gasteiger partial charge in [0, 0.05) is 32.7 Å². The zero-order chi connectivity index (χ0) is 34.3. The highest BCUT2D eigenvalue weighted by molar-refractivity contribution is 6.00. The van der Waals surface area contributed by atoms with E-state index in [0.29, 0.717) is 38.4 Å². The lowest BCUT2D eigenvalue weighted by Gasteiger charge is -2.40. The number of likely N-dealkylation sites (tertiary alicyclic amines) is 3. The molecule has 7 rings (SSSR count). The van der Waals surface area contributed by atoms with E-state index in [2.05, 4.69) is 10.2 Å². The highest BCUT2D eigenvalue weighted by Gasteiger charge is 2.51. The Balaban J connectivity index is 1.07. The number of amides is 3. The Morgan fingerprint density at radius 3 is 1.70 bits per heavy atom. The fourth-order valence-electron chi connectivity index (χ4n) is 9.49. The van der Waals surface area contributed by atoms with Crippen LogP contribution in [0.15, 0.2) is 91.0 Å². The van der Waals surface area contributed by atoms with Gasteiger partial charge in [-0.05, 0) is 86.4 Å². The van der Waals surface area contributed by atoms with Gasteiger partial charge in [0.05, 0.1) is 0 Å². The fourth-order valence-corrected chi connectivity index (χ4v) is 9.49. The maximum Gasteiger partial charge on any atom is 0.246 e. The minimum Gasteiger partial charge on any atom is -0.354 e. The van der Waals surface area contributed by atoms with Gasteiger partial charge in [-0.3, -0.25) is 14.4 Å². The minimum absolute atomic E-state index is 0.0386. The largest absolute Gasteiger partial charge is 0.354 e. The molecule has 0 unspecified atom stereocenters. The lowest BCUT2D eigenvalue weighted by molar-refractivity contribution is -0.147. The first-order valence-electron chi connectivity index (χ1n) is 19.3. The topological polar surface area (TPSA) is 73.0 Å². The summed E-state index contributed by atoms with van der Waals surface area (Å²) in [6.45, 7) is 5.15. The molecule has 1 aliphatic carbocycles. The second kappa shape index (κ2) is 15.9. The Kier molecular flexibility index (Phi) is 11.0. The van der Waals surface area contributed by atoms with E-state index in [1.165, 1.54) is 51.6 Å². The third-order valence-corrected chi connectivity index (χ3v) is 12.0. The number of piperidine rings is 1. The van der Waals surface area contributed by atoms with Crippen LogP contribution in [0.5, 0.6) is 0 Å². The van der Waals surface area contributed by atoms with Crippen molar-refractivity contribution < 1.29 is 14.4 Å². The Hall–Kier alpha value is -3.97. The predicted octanol–water partition coefficient (Wildman–Crippen LogP) is 6.41. The first kappa shape index (κ1) is 34.5. The van der Waals surface area contributed by atoms with Gasteiger partial charge in [0.1, 0.15) is 17.5 Å². The van der Waals surface area contributed by atoms with Crippen molar-refractivity contribution in [2.75, 3.05) is 39.3 Å². The summed E-state index contributed by atoms with van der Waals surface area (Å²) in [5.41, 5.74) is 1.50. The van der Waals surface area contributed by atoms with Crippen LogP contribution in [0.4, 0.5) is 0 Å². The first-order valence-corrected chi connectivity index (χ1v) is 19.3. The van der Waals surface area contributed by atoms with Crippen molar-refractivity contribution in [3.8, 4) is 0 Å². The number of carbonyl (C=O) groups excluding carboxylic acids is 3. The van der Waals surface area contributed by atoms with E-state index in [4.69, 9.17) is 0 Å². The number of nitrogens with one attached hydrogen (secondary N) is 1. The number of hydrogen-bond acceptors (Lipinski definition) is 4. The minimum atomic E-state index is -1.13. The molecule has 3 aliphatic heterocycles. The molecule has 0 spiro atoms. The predicted molar refractivity (Wildman–Crippen MR) is 197 cm³/mol. The zero-order valence-corrected chi connectivity index (χ0v) is 29.6. The molecule has 7 heteroatoms. The average molecular weight is 675 g/mol. The third-order valence-electron chi connectivity index (χ3n) is 12.0. The molecule has 50 heavy (non-hydrogen) atoms. The van der Waals surface area contributed by atoms with Gasteiger partial charge in [0.25, 0.3) is 0 Å². The molecule has 3 amide bonds. The van der Waals surface area contributed by atoms with Crippen molar-refractivity contribution in [3.05, 3.63) is 108 Å². The Morgan fingerprint density at radius 1 is 0.580 bits per heavy atom. The molecule has 1 saturated carbocycles. The second-order valence-electron chi connectivity index (χ2n) is 15.2. The smallest absolute Gasteiger partial charge is 0.246 e. The summed E-state index contributed by atoms with van der Waals surface area (Å²) < 4.78 is 0. The van der Waals surface area contributed by atoms with Crippen molar-refractivity contribution in [2.24, 2.45) is 11.8 Å². The molecule has 1 N–H and O–H groups in total. The average Bonchev–Trinajstić information content (AvgIpc) is 3.87. The van der Waals surface area contributed by atoms with Gasteiger partial charge in [0.2, 0.25) is 17.7 Å². The van der Waals surface area contributed by atoms with E-state index < -0.39 is 17.5 Å². The van der Waals surface area contributed by atoms with Crippen LogP contribution in [0.25, 0.3) is 0 Å². The summed E-state index contributed by atoms with van der Waals surface area (Å²) in [5.74, 6) is 1.06. The first-order chi connectivity index (χ1) is 24.6. The molecule has 3 heterocycles. The zero-order valence-electron chi connectivity index (χ0n) is 29.6. The molecule has 0 bridgehead atoms. The monoisotopic (exact) mass is 674 g/mol. The molecular formula is C43H54N4O3. The molecule has 3 aromatic carbocycles. The fraction of sp³-hybridized carbons (Fsp3) is 0.512. The van der Waals surface area contributed by atoms with Gasteiger partial charge in [-0.25, -0.2) is 0 Å². The normalized spacial score (nSPS) is 23.6. The van der Waals surface area contributed by atoms with Crippen molar-refractivity contribution in [1.82, 2.24) is 20.0 Å². The van der Waals surface area contributed by atoms with Gasteiger partial charge >= 0.3 is 0 Å². The van der Waals surface area contributed by atoms with Crippen LogP contribution in [0.2, 0.25) is 0 Å². The maximum absolute atomic E-state index is 15.3. The van der Waals surface area contributed by atoms with Crippen molar-refractivity contribution in [1.29, 1.82) is 0 Å². The van der Waals surface area contributed by atoms with Gasteiger partial charge in [0.15, 0.2) is 0 Å². The molecule has 7 nitrogen and oxygen atoms in total. The van der Waals surface area contributed by atoms with E-state index in [1.807, 2.05) is 95.9 Å². The maximum atomic E-state index is 15.3. The van der Waals surface area contributed by atoms with Crippen LogP contribution in [0, 0.1) is 11.8 Å². The number of nitrogens with zero attached hydrogens (tertiary/aromatic N) is 3. The van der Waals surface area contributed by atoms with Crippen LogP contribution in [-0.2, 0) is 19.8 Å².